The predicted molar refractivity (Wildman–Crippen MR) is 119 cm³/mol. The Labute approximate surface area is 192 Å². The van der Waals surface area contributed by atoms with Crippen LogP contribution in [0, 0.1) is 0 Å². The number of fused-ring (bicyclic) bond motifs is 2. The molecule has 0 atom stereocenters. The minimum absolute atomic E-state index is 0.00467. The zero-order chi connectivity index (χ0) is 23.4. The Morgan fingerprint density at radius 2 is 1.71 bits per heavy atom. The Morgan fingerprint density at radius 1 is 0.971 bits per heavy atom. The molecule has 2 aromatic carbocycles. The van der Waals surface area contributed by atoms with Crippen LogP contribution in [0.25, 0.3) is 28.0 Å². The molecule has 0 spiro atoms. The number of benzene rings is 2. The summed E-state index contributed by atoms with van der Waals surface area (Å²) in [5, 5.41) is 4.69. The van der Waals surface area contributed by atoms with E-state index in [4.69, 9.17) is 19.2 Å². The quantitative estimate of drug-likeness (QED) is 0.382. The van der Waals surface area contributed by atoms with Crippen molar-refractivity contribution >= 4 is 11.0 Å². The molecule has 1 saturated carbocycles. The molecule has 0 amide bonds. The van der Waals surface area contributed by atoms with Gasteiger partial charge in [0.05, 0.1) is 35.1 Å². The van der Waals surface area contributed by atoms with E-state index in [0.29, 0.717) is 47.4 Å². The van der Waals surface area contributed by atoms with Gasteiger partial charge in [0.15, 0.2) is 17.1 Å². The second-order valence-corrected chi connectivity index (χ2v) is 8.38. The fourth-order valence-electron chi connectivity index (χ4n) is 4.26. The van der Waals surface area contributed by atoms with Crippen LogP contribution in [0.2, 0.25) is 0 Å². The standard InChI is InChI=1S/C25H20F3N3O3/c1-32-17-7-5-16(6-8-17)31-24-22(23(30-31)14-2-3-14)18(25(26,27)28)13-19(29-24)15-4-9-20-21(12-15)34-11-10-33-20/h4-9,12-14H,2-3,10-11H2,1H3. The van der Waals surface area contributed by atoms with E-state index in [9.17, 15) is 13.2 Å². The van der Waals surface area contributed by atoms with Crippen molar-refractivity contribution in [1.29, 1.82) is 0 Å². The van der Waals surface area contributed by atoms with Gasteiger partial charge in [0.25, 0.3) is 0 Å². The highest BCUT2D eigenvalue weighted by molar-refractivity contribution is 5.88. The van der Waals surface area contributed by atoms with Gasteiger partial charge < -0.3 is 14.2 Å². The minimum atomic E-state index is -4.57. The molecule has 6 nitrogen and oxygen atoms in total. The summed E-state index contributed by atoms with van der Waals surface area (Å²) in [6.45, 7) is 0.811. The normalized spacial score (nSPS) is 15.5. The third-order valence-electron chi connectivity index (χ3n) is 6.09. The van der Waals surface area contributed by atoms with Crippen molar-refractivity contribution in [2.45, 2.75) is 24.9 Å². The molecule has 1 aliphatic carbocycles. The lowest BCUT2D eigenvalue weighted by molar-refractivity contribution is -0.136. The van der Waals surface area contributed by atoms with Gasteiger partial charge in [0.1, 0.15) is 19.0 Å². The first-order chi connectivity index (χ1) is 16.4. The van der Waals surface area contributed by atoms with E-state index in [1.165, 1.54) is 4.68 Å². The van der Waals surface area contributed by atoms with Gasteiger partial charge in [0, 0.05) is 11.5 Å². The van der Waals surface area contributed by atoms with Crippen LogP contribution in [0.4, 0.5) is 13.2 Å². The number of ether oxygens (including phenoxy) is 3. The fraction of sp³-hybridized carbons (Fsp3) is 0.280. The zero-order valence-corrected chi connectivity index (χ0v) is 18.2. The molecule has 4 aromatic rings. The maximum absolute atomic E-state index is 14.3. The van der Waals surface area contributed by atoms with E-state index in [2.05, 4.69) is 5.10 Å². The van der Waals surface area contributed by atoms with Gasteiger partial charge in [0.2, 0.25) is 0 Å². The van der Waals surface area contributed by atoms with Gasteiger partial charge in [-0.05, 0) is 61.4 Å². The Bertz CT molecular complexity index is 1390. The number of hydrogen-bond acceptors (Lipinski definition) is 5. The summed E-state index contributed by atoms with van der Waals surface area (Å²) in [6.07, 6.45) is -2.94. The molecule has 0 N–H and O–H groups in total. The highest BCUT2D eigenvalue weighted by Crippen LogP contribution is 2.47. The minimum Gasteiger partial charge on any atom is -0.497 e. The van der Waals surface area contributed by atoms with E-state index in [1.54, 1.807) is 49.6 Å². The van der Waals surface area contributed by atoms with E-state index < -0.39 is 11.7 Å². The smallest absolute Gasteiger partial charge is 0.417 e. The van der Waals surface area contributed by atoms with Crippen LogP contribution in [0.1, 0.15) is 30.0 Å². The van der Waals surface area contributed by atoms with E-state index in [-0.39, 0.29) is 22.6 Å². The van der Waals surface area contributed by atoms with Gasteiger partial charge in [-0.15, -0.1) is 0 Å². The van der Waals surface area contributed by atoms with Crippen LogP contribution < -0.4 is 14.2 Å². The third-order valence-corrected chi connectivity index (χ3v) is 6.09. The molecule has 0 saturated heterocycles. The van der Waals surface area contributed by atoms with Gasteiger partial charge in [-0.3, -0.25) is 0 Å². The predicted octanol–water partition coefficient (Wildman–Crippen LogP) is 5.76. The molecule has 0 radical (unpaired) electrons. The zero-order valence-electron chi connectivity index (χ0n) is 18.2. The maximum Gasteiger partial charge on any atom is 0.417 e. The van der Waals surface area contributed by atoms with Crippen LogP contribution in [-0.2, 0) is 6.18 Å². The van der Waals surface area contributed by atoms with Crippen LogP contribution in [0.5, 0.6) is 17.2 Å². The molecule has 0 bridgehead atoms. The summed E-state index contributed by atoms with van der Waals surface area (Å²) in [6, 6.07) is 13.2. The van der Waals surface area contributed by atoms with E-state index in [0.717, 1.165) is 18.9 Å². The van der Waals surface area contributed by atoms with Gasteiger partial charge in [-0.2, -0.15) is 18.3 Å². The van der Waals surface area contributed by atoms with E-state index >= 15 is 0 Å². The number of rotatable bonds is 4. The summed E-state index contributed by atoms with van der Waals surface area (Å²) < 4.78 is 60.9. The number of aromatic nitrogens is 3. The molecular formula is C25H20F3N3O3. The van der Waals surface area contributed by atoms with Crippen molar-refractivity contribution in [3.8, 4) is 34.2 Å². The highest BCUT2D eigenvalue weighted by atomic mass is 19.4. The maximum atomic E-state index is 14.3. The summed E-state index contributed by atoms with van der Waals surface area (Å²) in [4.78, 5) is 4.69. The lowest BCUT2D eigenvalue weighted by Crippen LogP contribution is -2.15. The molecule has 9 heteroatoms. The van der Waals surface area contributed by atoms with Crippen LogP contribution >= 0.6 is 0 Å². The first kappa shape index (κ1) is 20.8. The van der Waals surface area contributed by atoms with Crippen molar-refractivity contribution in [1.82, 2.24) is 14.8 Å². The number of alkyl halides is 3. The van der Waals surface area contributed by atoms with Crippen LogP contribution in [0.15, 0.2) is 48.5 Å². The van der Waals surface area contributed by atoms with E-state index in [1.807, 2.05) is 0 Å². The first-order valence-corrected chi connectivity index (χ1v) is 11.0. The summed E-state index contributed by atoms with van der Waals surface area (Å²) >= 11 is 0. The van der Waals surface area contributed by atoms with Gasteiger partial charge in [-0.1, -0.05) is 0 Å². The second kappa shape index (κ2) is 7.65. The molecule has 6 rings (SSSR count). The van der Waals surface area contributed by atoms with Crippen molar-refractivity contribution < 1.29 is 27.4 Å². The van der Waals surface area contributed by atoms with Crippen molar-refractivity contribution in [2.24, 2.45) is 0 Å². The molecule has 3 heterocycles. The number of halogens is 3. The fourth-order valence-corrected chi connectivity index (χ4v) is 4.26. The van der Waals surface area contributed by atoms with Crippen LogP contribution in [-0.4, -0.2) is 35.1 Å². The second-order valence-electron chi connectivity index (χ2n) is 8.38. The molecule has 2 aromatic heterocycles. The lowest BCUT2D eigenvalue weighted by atomic mass is 10.0. The van der Waals surface area contributed by atoms with Gasteiger partial charge >= 0.3 is 6.18 Å². The number of hydrogen-bond donors (Lipinski definition) is 0. The first-order valence-electron chi connectivity index (χ1n) is 11.0. The highest BCUT2D eigenvalue weighted by Gasteiger charge is 2.39. The summed E-state index contributed by atoms with van der Waals surface area (Å²) in [7, 11) is 1.56. The van der Waals surface area contributed by atoms with Crippen LogP contribution in [0.3, 0.4) is 0 Å². The van der Waals surface area contributed by atoms with Gasteiger partial charge in [-0.25, -0.2) is 9.67 Å². The monoisotopic (exact) mass is 467 g/mol. The Kier molecular flexibility index (Phi) is 4.68. The topological polar surface area (TPSA) is 58.4 Å². The third kappa shape index (κ3) is 3.52. The SMILES string of the molecule is COc1ccc(-n2nc(C3CC3)c3c(C(F)(F)F)cc(-c4ccc5c(c4)OCCO5)nc32)cc1. The largest absolute Gasteiger partial charge is 0.497 e. The average Bonchev–Trinajstić information content (AvgIpc) is 3.63. The molecule has 0 unspecified atom stereocenters. The average molecular weight is 467 g/mol. The Morgan fingerprint density at radius 3 is 2.38 bits per heavy atom. The summed E-state index contributed by atoms with van der Waals surface area (Å²) in [5.41, 5.74) is 1.19. The van der Waals surface area contributed by atoms with Crippen molar-refractivity contribution in [2.75, 3.05) is 20.3 Å². The lowest BCUT2D eigenvalue weighted by Gasteiger charge is -2.19. The number of pyridine rings is 1. The Balaban J connectivity index is 1.60. The molecule has 2 aliphatic rings. The molecule has 34 heavy (non-hydrogen) atoms. The van der Waals surface area contributed by atoms with Crippen molar-refractivity contribution in [3.05, 3.63) is 59.8 Å². The number of methoxy groups -OCH3 is 1. The number of nitrogens with zero attached hydrogens (tertiary/aromatic N) is 3. The molecular weight excluding hydrogens is 447 g/mol. The molecule has 1 fully saturated rings. The summed E-state index contributed by atoms with van der Waals surface area (Å²) in [5.74, 6) is 1.70. The molecule has 174 valence electrons. The Hall–Kier alpha value is -3.75. The molecule has 1 aliphatic heterocycles. The van der Waals surface area contributed by atoms with Crippen molar-refractivity contribution in [3.63, 3.8) is 0 Å².